The molecule has 200 valence electrons. The van der Waals surface area contributed by atoms with Gasteiger partial charge in [0.15, 0.2) is 0 Å². The number of carbonyl (C=O) groups excluding carboxylic acids is 2. The van der Waals surface area contributed by atoms with Crippen molar-refractivity contribution in [3.8, 4) is 0 Å². The lowest BCUT2D eigenvalue weighted by atomic mass is 9.91. The van der Waals surface area contributed by atoms with Gasteiger partial charge >= 0.3 is 23.9 Å². The van der Waals surface area contributed by atoms with Crippen molar-refractivity contribution in [1.29, 1.82) is 0 Å². The summed E-state index contributed by atoms with van der Waals surface area (Å²) >= 11 is 0. The van der Waals surface area contributed by atoms with E-state index in [0.29, 0.717) is 25.7 Å². The van der Waals surface area contributed by atoms with Crippen LogP contribution in [0.4, 0.5) is 18.0 Å². The standard InChI is InChI=1S/C25H28F3N3O6/c1-3-37-22(33)18-13-30(15-9-7-14(8-10-15)29-23(34)36-2)24(35)31(21(18)32)20-12-11-16-17(20)5-4-6-19(16)25(26,27)28/h4-6,13-15,20H,3,7-12H2,1-2H3,(H,29,34)/t14?,15?,20-/m1/s1. The van der Waals surface area contributed by atoms with Crippen LogP contribution < -0.4 is 16.6 Å². The molecule has 9 nitrogen and oxygen atoms in total. The number of methoxy groups -OCH3 is 1. The van der Waals surface area contributed by atoms with Gasteiger partial charge in [-0.05, 0) is 62.6 Å². The van der Waals surface area contributed by atoms with Crippen molar-refractivity contribution in [3.63, 3.8) is 0 Å². The van der Waals surface area contributed by atoms with Crippen LogP contribution in [0.3, 0.4) is 0 Å². The molecule has 1 amide bonds. The monoisotopic (exact) mass is 523 g/mol. The molecule has 0 spiro atoms. The minimum Gasteiger partial charge on any atom is -0.462 e. The lowest BCUT2D eigenvalue weighted by Gasteiger charge is -2.30. The first-order valence-electron chi connectivity index (χ1n) is 12.1. The van der Waals surface area contributed by atoms with E-state index in [-0.39, 0.29) is 48.2 Å². The van der Waals surface area contributed by atoms with E-state index in [1.165, 1.54) is 30.0 Å². The molecule has 4 rings (SSSR count). The molecule has 0 saturated heterocycles. The minimum atomic E-state index is -4.57. The van der Waals surface area contributed by atoms with Crippen LogP contribution in [0.5, 0.6) is 0 Å². The Kier molecular flexibility index (Phi) is 7.47. The molecular weight excluding hydrogens is 495 g/mol. The van der Waals surface area contributed by atoms with E-state index in [1.807, 2.05) is 0 Å². The zero-order chi connectivity index (χ0) is 26.9. The number of nitrogens with one attached hydrogen (secondary N) is 1. The van der Waals surface area contributed by atoms with Crippen molar-refractivity contribution >= 4 is 12.1 Å². The zero-order valence-electron chi connectivity index (χ0n) is 20.5. The number of nitrogens with zero attached hydrogens (tertiary/aromatic N) is 2. The Morgan fingerprint density at radius 2 is 1.81 bits per heavy atom. The number of amides is 1. The van der Waals surface area contributed by atoms with Crippen LogP contribution in [0.15, 0.2) is 34.0 Å². The number of alkyl halides is 3. The van der Waals surface area contributed by atoms with Gasteiger partial charge in [0.05, 0.1) is 25.3 Å². The normalized spacial score (nSPS) is 21.3. The summed E-state index contributed by atoms with van der Waals surface area (Å²) in [5.74, 6) is -0.904. The molecule has 0 radical (unpaired) electrons. The summed E-state index contributed by atoms with van der Waals surface area (Å²) in [6.07, 6.45) is -1.80. The van der Waals surface area contributed by atoms with Crippen LogP contribution in [0, 0.1) is 0 Å². The lowest BCUT2D eigenvalue weighted by Crippen LogP contribution is -2.46. The summed E-state index contributed by atoms with van der Waals surface area (Å²) in [5.41, 5.74) is -2.44. The predicted molar refractivity (Wildman–Crippen MR) is 126 cm³/mol. The van der Waals surface area contributed by atoms with Crippen LogP contribution in [0.1, 0.15) is 78.2 Å². The molecule has 2 aromatic rings. The Bertz CT molecular complexity index is 1310. The molecule has 1 aromatic carbocycles. The number of alkyl carbamates (subject to hydrolysis) is 1. The predicted octanol–water partition coefficient (Wildman–Crippen LogP) is 3.58. The number of ether oxygens (including phenoxy) is 2. The van der Waals surface area contributed by atoms with E-state index < -0.39 is 41.1 Å². The van der Waals surface area contributed by atoms with Crippen molar-refractivity contribution in [2.45, 2.75) is 69.8 Å². The maximum Gasteiger partial charge on any atom is 0.416 e. The van der Waals surface area contributed by atoms with Gasteiger partial charge in [0.25, 0.3) is 5.56 Å². The maximum absolute atomic E-state index is 13.7. The van der Waals surface area contributed by atoms with Crippen LogP contribution in [-0.4, -0.2) is 41.0 Å². The molecule has 0 aliphatic heterocycles. The summed E-state index contributed by atoms with van der Waals surface area (Å²) in [4.78, 5) is 51.2. The Balaban J connectivity index is 1.77. The molecule has 0 bridgehead atoms. The van der Waals surface area contributed by atoms with E-state index in [1.54, 1.807) is 6.92 Å². The zero-order valence-corrected chi connectivity index (χ0v) is 20.5. The second-order valence-corrected chi connectivity index (χ2v) is 9.20. The van der Waals surface area contributed by atoms with Gasteiger partial charge in [-0.2, -0.15) is 13.2 Å². The van der Waals surface area contributed by atoms with Gasteiger partial charge in [-0.25, -0.2) is 14.4 Å². The fourth-order valence-electron chi connectivity index (χ4n) is 5.37. The van der Waals surface area contributed by atoms with Crippen LogP contribution in [0.2, 0.25) is 0 Å². The number of rotatable bonds is 5. The van der Waals surface area contributed by atoms with E-state index >= 15 is 0 Å². The second-order valence-electron chi connectivity index (χ2n) is 9.20. The number of halogens is 3. The average Bonchev–Trinajstić information content (AvgIpc) is 3.28. The number of carbonyl (C=O) groups is 2. The van der Waals surface area contributed by atoms with Crippen LogP contribution in [0.25, 0.3) is 0 Å². The third kappa shape index (κ3) is 5.14. The quantitative estimate of drug-likeness (QED) is 0.601. The highest BCUT2D eigenvalue weighted by Crippen LogP contribution is 2.41. The Hall–Kier alpha value is -3.57. The molecule has 1 N–H and O–H groups in total. The fourth-order valence-corrected chi connectivity index (χ4v) is 5.37. The van der Waals surface area contributed by atoms with Crippen molar-refractivity contribution in [1.82, 2.24) is 14.5 Å². The molecule has 1 aromatic heterocycles. The minimum absolute atomic E-state index is 0.00289. The van der Waals surface area contributed by atoms with Gasteiger partial charge in [-0.15, -0.1) is 0 Å². The molecule has 37 heavy (non-hydrogen) atoms. The molecule has 1 saturated carbocycles. The van der Waals surface area contributed by atoms with Gasteiger partial charge in [-0.3, -0.25) is 13.9 Å². The Labute approximate surface area is 210 Å². The summed E-state index contributed by atoms with van der Waals surface area (Å²) in [6, 6.07) is 2.24. The largest absolute Gasteiger partial charge is 0.462 e. The highest BCUT2D eigenvalue weighted by molar-refractivity contribution is 5.88. The molecule has 2 aliphatic carbocycles. The summed E-state index contributed by atoms with van der Waals surface area (Å²) in [6.45, 7) is 1.58. The van der Waals surface area contributed by atoms with Crippen molar-refractivity contribution < 1.29 is 32.2 Å². The smallest absolute Gasteiger partial charge is 0.416 e. The second kappa shape index (κ2) is 10.4. The summed E-state index contributed by atoms with van der Waals surface area (Å²) < 4.78 is 52.7. The van der Waals surface area contributed by atoms with Crippen LogP contribution >= 0.6 is 0 Å². The van der Waals surface area contributed by atoms with Gasteiger partial charge in [0, 0.05) is 18.3 Å². The SMILES string of the molecule is CCOC(=O)c1cn(C2CCC(NC(=O)OC)CC2)c(=O)n([C@@H]2CCc3c2cccc3C(F)(F)F)c1=O. The Morgan fingerprint density at radius 3 is 2.43 bits per heavy atom. The van der Waals surface area contributed by atoms with E-state index in [2.05, 4.69) is 10.1 Å². The van der Waals surface area contributed by atoms with Crippen molar-refractivity contribution in [2.75, 3.05) is 13.7 Å². The third-order valence-corrected chi connectivity index (χ3v) is 7.09. The van der Waals surface area contributed by atoms with Crippen LogP contribution in [-0.2, 0) is 22.1 Å². The number of aromatic nitrogens is 2. The average molecular weight is 524 g/mol. The van der Waals surface area contributed by atoms with Gasteiger partial charge in [0.1, 0.15) is 5.56 Å². The molecule has 2 aliphatic rings. The van der Waals surface area contributed by atoms with Gasteiger partial charge in [0.2, 0.25) is 0 Å². The first kappa shape index (κ1) is 26.5. The summed E-state index contributed by atoms with van der Waals surface area (Å²) in [5, 5.41) is 2.73. The maximum atomic E-state index is 13.7. The van der Waals surface area contributed by atoms with Crippen molar-refractivity contribution in [2.24, 2.45) is 0 Å². The summed E-state index contributed by atoms with van der Waals surface area (Å²) in [7, 11) is 1.26. The lowest BCUT2D eigenvalue weighted by molar-refractivity contribution is -0.138. The highest BCUT2D eigenvalue weighted by atomic mass is 19.4. The number of esters is 1. The molecule has 12 heteroatoms. The molecule has 0 unspecified atom stereocenters. The number of hydrogen-bond donors (Lipinski definition) is 1. The first-order chi connectivity index (χ1) is 17.6. The van der Waals surface area contributed by atoms with Crippen molar-refractivity contribution in [3.05, 3.63) is 67.5 Å². The fraction of sp³-hybridized carbons (Fsp3) is 0.520. The number of benzene rings is 1. The van der Waals surface area contributed by atoms with Gasteiger partial charge < -0.3 is 14.8 Å². The molecule has 1 heterocycles. The first-order valence-corrected chi connectivity index (χ1v) is 12.1. The van der Waals surface area contributed by atoms with E-state index in [4.69, 9.17) is 4.74 Å². The topological polar surface area (TPSA) is 109 Å². The molecular formula is C25H28F3N3O6. The highest BCUT2D eigenvalue weighted by Gasteiger charge is 2.39. The third-order valence-electron chi connectivity index (χ3n) is 7.09. The molecule has 1 atom stereocenters. The number of fused-ring (bicyclic) bond motifs is 1. The van der Waals surface area contributed by atoms with E-state index in [9.17, 15) is 32.3 Å². The van der Waals surface area contributed by atoms with Gasteiger partial charge in [-0.1, -0.05) is 12.1 Å². The number of hydrogen-bond acceptors (Lipinski definition) is 6. The van der Waals surface area contributed by atoms with E-state index in [0.717, 1.165) is 10.6 Å². The molecule has 1 fully saturated rings. The Morgan fingerprint density at radius 1 is 1.11 bits per heavy atom.